The zero-order chi connectivity index (χ0) is 14.9. The summed E-state index contributed by atoms with van der Waals surface area (Å²) in [6, 6.07) is 11.6. The van der Waals surface area contributed by atoms with E-state index in [1.807, 2.05) is 42.6 Å². The predicted octanol–water partition coefficient (Wildman–Crippen LogP) is 3.53. The molecule has 0 unspecified atom stereocenters. The lowest BCUT2D eigenvalue weighted by Gasteiger charge is -2.05. The van der Waals surface area contributed by atoms with Crippen LogP contribution in [0.3, 0.4) is 0 Å². The molecule has 0 amide bonds. The minimum absolute atomic E-state index is 0.618. The number of halogens is 1. The molecule has 3 aromatic heterocycles. The van der Waals surface area contributed by atoms with Gasteiger partial charge >= 0.3 is 0 Å². The Morgan fingerprint density at radius 3 is 2.64 bits per heavy atom. The molecule has 3 heterocycles. The molecule has 0 atom stereocenters. The first kappa shape index (κ1) is 12.9. The summed E-state index contributed by atoms with van der Waals surface area (Å²) in [4.78, 5) is 8.49. The summed E-state index contributed by atoms with van der Waals surface area (Å²) < 4.78 is 1.65. The van der Waals surface area contributed by atoms with Crippen LogP contribution in [0.15, 0.2) is 61.2 Å². The van der Waals surface area contributed by atoms with Crippen molar-refractivity contribution in [1.29, 1.82) is 0 Å². The van der Waals surface area contributed by atoms with Gasteiger partial charge in [0.05, 0.1) is 11.2 Å². The quantitative estimate of drug-likeness (QED) is 0.568. The molecule has 22 heavy (non-hydrogen) atoms. The smallest absolute Gasteiger partial charge is 0.163 e. The lowest BCUT2D eigenvalue weighted by molar-refractivity contribution is 0.788. The summed E-state index contributed by atoms with van der Waals surface area (Å²) in [6.45, 7) is 0. The molecule has 4 rings (SSSR count). The van der Waals surface area contributed by atoms with Crippen molar-refractivity contribution in [1.82, 2.24) is 25.0 Å². The summed E-state index contributed by atoms with van der Waals surface area (Å²) in [5, 5.41) is 10.9. The average Bonchev–Trinajstić information content (AvgIpc) is 3.06. The molecule has 106 valence electrons. The Morgan fingerprint density at radius 2 is 1.82 bits per heavy atom. The molecule has 5 nitrogen and oxygen atoms in total. The highest BCUT2D eigenvalue weighted by atomic mass is 35.5. The molecule has 6 heteroatoms. The molecule has 0 aliphatic carbocycles. The summed E-state index contributed by atoms with van der Waals surface area (Å²) in [5.74, 6) is 0.697. The van der Waals surface area contributed by atoms with E-state index in [-0.39, 0.29) is 0 Å². The minimum Gasteiger partial charge on any atom is -0.264 e. The van der Waals surface area contributed by atoms with Gasteiger partial charge in [0.25, 0.3) is 0 Å². The molecule has 0 saturated heterocycles. The Labute approximate surface area is 131 Å². The molecule has 4 aromatic rings. The van der Waals surface area contributed by atoms with Crippen molar-refractivity contribution in [2.75, 3.05) is 0 Å². The molecule has 0 aliphatic heterocycles. The molecule has 0 spiro atoms. The van der Waals surface area contributed by atoms with Gasteiger partial charge in [-0.2, -0.15) is 0 Å². The zero-order valence-corrected chi connectivity index (χ0v) is 12.1. The average molecular weight is 308 g/mol. The van der Waals surface area contributed by atoms with Gasteiger partial charge in [-0.3, -0.25) is 4.98 Å². The highest BCUT2D eigenvalue weighted by Crippen LogP contribution is 2.27. The third kappa shape index (κ3) is 2.12. The van der Waals surface area contributed by atoms with Crippen molar-refractivity contribution in [2.24, 2.45) is 0 Å². The normalized spacial score (nSPS) is 11.0. The van der Waals surface area contributed by atoms with E-state index in [9.17, 15) is 0 Å². The van der Waals surface area contributed by atoms with Crippen LogP contribution in [0, 0.1) is 0 Å². The maximum Gasteiger partial charge on any atom is 0.163 e. The molecule has 0 aliphatic rings. The number of hydrogen-bond donors (Lipinski definition) is 0. The van der Waals surface area contributed by atoms with Gasteiger partial charge in [-0.05, 0) is 12.1 Å². The highest BCUT2D eigenvalue weighted by Gasteiger charge is 2.11. The van der Waals surface area contributed by atoms with Crippen molar-refractivity contribution in [3.63, 3.8) is 0 Å². The van der Waals surface area contributed by atoms with E-state index < -0.39 is 0 Å². The standard InChI is InChI=1S/C16H10ClN5/c17-14-9-19-16(13-6-2-1-5-12(13)14)22-10-15(20-21-22)11-4-3-7-18-8-11/h1-10H. The first-order valence-corrected chi connectivity index (χ1v) is 7.07. The summed E-state index contributed by atoms with van der Waals surface area (Å²) in [7, 11) is 0. The van der Waals surface area contributed by atoms with E-state index in [1.54, 1.807) is 23.3 Å². The number of fused-ring (bicyclic) bond motifs is 1. The zero-order valence-electron chi connectivity index (χ0n) is 11.4. The number of pyridine rings is 2. The summed E-state index contributed by atoms with van der Waals surface area (Å²) >= 11 is 6.20. The Kier molecular flexibility index (Phi) is 3.05. The van der Waals surface area contributed by atoms with Crippen LogP contribution in [0.4, 0.5) is 0 Å². The van der Waals surface area contributed by atoms with Crippen LogP contribution in [0.2, 0.25) is 5.02 Å². The summed E-state index contributed by atoms with van der Waals surface area (Å²) in [6.07, 6.45) is 6.94. The number of hydrogen-bond acceptors (Lipinski definition) is 4. The van der Waals surface area contributed by atoms with E-state index >= 15 is 0 Å². The van der Waals surface area contributed by atoms with Gasteiger partial charge in [-0.1, -0.05) is 41.1 Å². The molecule has 0 saturated carbocycles. The van der Waals surface area contributed by atoms with Crippen molar-refractivity contribution >= 4 is 22.4 Å². The lowest BCUT2D eigenvalue weighted by atomic mass is 10.1. The molecule has 1 aromatic carbocycles. The Bertz CT molecular complexity index is 949. The van der Waals surface area contributed by atoms with Crippen LogP contribution < -0.4 is 0 Å². The third-order valence-electron chi connectivity index (χ3n) is 3.39. The lowest BCUT2D eigenvalue weighted by Crippen LogP contribution is -1.99. The second-order valence-corrected chi connectivity index (χ2v) is 5.17. The highest BCUT2D eigenvalue weighted by molar-refractivity contribution is 6.35. The van der Waals surface area contributed by atoms with Crippen molar-refractivity contribution < 1.29 is 0 Å². The maximum atomic E-state index is 6.20. The first-order valence-electron chi connectivity index (χ1n) is 6.69. The maximum absolute atomic E-state index is 6.20. The predicted molar refractivity (Wildman–Crippen MR) is 84.9 cm³/mol. The fourth-order valence-electron chi connectivity index (χ4n) is 2.34. The number of nitrogens with zero attached hydrogens (tertiary/aromatic N) is 5. The SMILES string of the molecule is Clc1cnc(-n2cc(-c3cccnc3)nn2)c2ccccc12. The molecular weight excluding hydrogens is 298 g/mol. The molecule has 0 N–H and O–H groups in total. The Balaban J connectivity index is 1.87. The van der Waals surface area contributed by atoms with Crippen LogP contribution in [0.5, 0.6) is 0 Å². The van der Waals surface area contributed by atoms with Gasteiger partial charge < -0.3 is 0 Å². The van der Waals surface area contributed by atoms with E-state index in [2.05, 4.69) is 20.3 Å². The van der Waals surface area contributed by atoms with Gasteiger partial charge in [-0.25, -0.2) is 9.67 Å². The molecular formula is C16H10ClN5. The van der Waals surface area contributed by atoms with E-state index in [0.29, 0.717) is 10.8 Å². The molecule has 0 radical (unpaired) electrons. The second kappa shape index (κ2) is 5.20. The third-order valence-corrected chi connectivity index (χ3v) is 3.69. The fraction of sp³-hybridized carbons (Fsp3) is 0. The van der Waals surface area contributed by atoms with Crippen molar-refractivity contribution in [3.05, 3.63) is 66.2 Å². The fourth-order valence-corrected chi connectivity index (χ4v) is 2.55. The largest absolute Gasteiger partial charge is 0.264 e. The van der Waals surface area contributed by atoms with E-state index in [1.165, 1.54) is 0 Å². The number of aromatic nitrogens is 5. The molecule has 0 bridgehead atoms. The summed E-state index contributed by atoms with van der Waals surface area (Å²) in [5.41, 5.74) is 1.65. The topological polar surface area (TPSA) is 56.5 Å². The van der Waals surface area contributed by atoms with Gasteiger partial charge in [0.15, 0.2) is 5.82 Å². The van der Waals surface area contributed by atoms with Gasteiger partial charge in [0.2, 0.25) is 0 Å². The van der Waals surface area contributed by atoms with Crippen molar-refractivity contribution in [3.8, 4) is 17.1 Å². The van der Waals surface area contributed by atoms with E-state index in [4.69, 9.17) is 11.6 Å². The number of benzene rings is 1. The van der Waals surface area contributed by atoms with E-state index in [0.717, 1.165) is 22.0 Å². The number of rotatable bonds is 2. The van der Waals surface area contributed by atoms with Gasteiger partial charge in [-0.15, -0.1) is 5.10 Å². The first-order chi connectivity index (χ1) is 10.8. The van der Waals surface area contributed by atoms with Crippen molar-refractivity contribution in [2.45, 2.75) is 0 Å². The van der Waals surface area contributed by atoms with Crippen LogP contribution in [0.1, 0.15) is 0 Å². The van der Waals surface area contributed by atoms with Gasteiger partial charge in [0.1, 0.15) is 5.69 Å². The monoisotopic (exact) mass is 307 g/mol. The van der Waals surface area contributed by atoms with Gasteiger partial charge in [0, 0.05) is 34.9 Å². The van der Waals surface area contributed by atoms with Crippen LogP contribution in [-0.2, 0) is 0 Å². The van der Waals surface area contributed by atoms with Crippen LogP contribution >= 0.6 is 11.6 Å². The van der Waals surface area contributed by atoms with Crippen LogP contribution in [0.25, 0.3) is 27.8 Å². The van der Waals surface area contributed by atoms with Crippen LogP contribution in [-0.4, -0.2) is 25.0 Å². The Hall–Kier alpha value is -2.79. The Morgan fingerprint density at radius 1 is 0.955 bits per heavy atom. The molecule has 0 fully saturated rings. The second-order valence-electron chi connectivity index (χ2n) is 4.77. The minimum atomic E-state index is 0.618.